The summed E-state index contributed by atoms with van der Waals surface area (Å²) in [6, 6.07) is 11.5. The number of anilines is 1. The van der Waals surface area contributed by atoms with Crippen LogP contribution in [0.2, 0.25) is 0 Å². The minimum atomic E-state index is -0.637. The van der Waals surface area contributed by atoms with Gasteiger partial charge in [0, 0.05) is 26.2 Å². The Labute approximate surface area is 205 Å². The molecule has 2 aromatic carbocycles. The lowest BCUT2D eigenvalue weighted by Gasteiger charge is -2.26. The summed E-state index contributed by atoms with van der Waals surface area (Å²) in [4.78, 5) is 23.8. The molecule has 7 nitrogen and oxygen atoms in total. The van der Waals surface area contributed by atoms with Gasteiger partial charge >= 0.3 is 0 Å². The summed E-state index contributed by atoms with van der Waals surface area (Å²) in [7, 11) is 5.24. The van der Waals surface area contributed by atoms with Gasteiger partial charge in [0.2, 0.25) is 11.6 Å². The Hall–Kier alpha value is -3.70. The maximum Gasteiger partial charge on any atom is 0.263 e. The molecule has 1 saturated heterocycles. The first kappa shape index (κ1) is 24.4. The Kier molecular flexibility index (Phi) is 7.47. The number of benzene rings is 2. The summed E-state index contributed by atoms with van der Waals surface area (Å²) >= 11 is 0. The lowest BCUT2D eigenvalue weighted by atomic mass is 9.99. The Bertz CT molecular complexity index is 1290. The molecule has 1 N–H and O–H groups in total. The summed E-state index contributed by atoms with van der Waals surface area (Å²) in [5, 5.41) is 3.43. The van der Waals surface area contributed by atoms with Gasteiger partial charge in [-0.15, -0.1) is 0 Å². The maximum atomic E-state index is 14.6. The average molecular weight is 476 g/mol. The number of hydrogen-bond acceptors (Lipinski definition) is 5. The number of ether oxygens (including phenoxy) is 1. The SMILES string of the molecule is [C-]#[N+]c1ccc(-c2nc(N(C)CC3CCCNCC3)n(C)c(=O)c2-c2ccc(OC)cc2)cc1F. The first-order chi connectivity index (χ1) is 16.9. The largest absolute Gasteiger partial charge is 0.497 e. The zero-order chi connectivity index (χ0) is 24.9. The van der Waals surface area contributed by atoms with Gasteiger partial charge in [-0.1, -0.05) is 24.3 Å². The topological polar surface area (TPSA) is 63.8 Å². The highest BCUT2D eigenvalue weighted by molar-refractivity contribution is 5.82. The lowest BCUT2D eigenvalue weighted by molar-refractivity contribution is 0.415. The molecule has 182 valence electrons. The third-order valence-corrected chi connectivity index (χ3v) is 6.56. The molecule has 0 bridgehead atoms. The van der Waals surface area contributed by atoms with E-state index in [-0.39, 0.29) is 11.2 Å². The number of aromatic nitrogens is 2. The Balaban J connectivity index is 1.84. The van der Waals surface area contributed by atoms with Crippen LogP contribution >= 0.6 is 0 Å². The first-order valence-electron chi connectivity index (χ1n) is 11.8. The van der Waals surface area contributed by atoms with Crippen molar-refractivity contribution in [3.8, 4) is 28.1 Å². The van der Waals surface area contributed by atoms with Crippen molar-refractivity contribution in [1.29, 1.82) is 0 Å². The van der Waals surface area contributed by atoms with E-state index in [1.807, 2.05) is 11.9 Å². The fourth-order valence-electron chi connectivity index (χ4n) is 4.65. The van der Waals surface area contributed by atoms with E-state index in [0.717, 1.165) is 38.9 Å². The highest BCUT2D eigenvalue weighted by atomic mass is 19.1. The second kappa shape index (κ2) is 10.7. The van der Waals surface area contributed by atoms with E-state index in [1.165, 1.54) is 12.1 Å². The molecule has 0 aliphatic carbocycles. The van der Waals surface area contributed by atoms with E-state index >= 15 is 0 Å². The molecule has 1 fully saturated rings. The van der Waals surface area contributed by atoms with Gasteiger partial charge in [0.15, 0.2) is 0 Å². The summed E-state index contributed by atoms with van der Waals surface area (Å²) < 4.78 is 21.4. The van der Waals surface area contributed by atoms with E-state index in [9.17, 15) is 9.18 Å². The molecule has 2 heterocycles. The second-order valence-electron chi connectivity index (χ2n) is 8.93. The van der Waals surface area contributed by atoms with E-state index in [0.29, 0.717) is 40.0 Å². The van der Waals surface area contributed by atoms with Crippen molar-refractivity contribution < 1.29 is 9.13 Å². The van der Waals surface area contributed by atoms with Crippen molar-refractivity contribution in [2.45, 2.75) is 19.3 Å². The van der Waals surface area contributed by atoms with Crippen LogP contribution in [-0.4, -0.2) is 43.3 Å². The third kappa shape index (κ3) is 5.20. The van der Waals surface area contributed by atoms with Crippen LogP contribution in [0.3, 0.4) is 0 Å². The Morgan fingerprint density at radius 2 is 1.94 bits per heavy atom. The zero-order valence-corrected chi connectivity index (χ0v) is 20.3. The summed E-state index contributed by atoms with van der Waals surface area (Å²) in [6.07, 6.45) is 3.31. The van der Waals surface area contributed by atoms with Crippen LogP contribution in [0.1, 0.15) is 19.3 Å². The highest BCUT2D eigenvalue weighted by Crippen LogP contribution is 2.33. The van der Waals surface area contributed by atoms with Crippen LogP contribution in [0.15, 0.2) is 47.3 Å². The van der Waals surface area contributed by atoms with Crippen LogP contribution in [0, 0.1) is 18.3 Å². The molecule has 8 heteroatoms. The number of halogens is 1. The van der Waals surface area contributed by atoms with Gasteiger partial charge < -0.3 is 15.0 Å². The third-order valence-electron chi connectivity index (χ3n) is 6.56. The molecule has 0 amide bonds. The molecule has 1 aliphatic rings. The highest BCUT2D eigenvalue weighted by Gasteiger charge is 2.22. The predicted molar refractivity (Wildman–Crippen MR) is 137 cm³/mol. The van der Waals surface area contributed by atoms with Crippen molar-refractivity contribution in [3.63, 3.8) is 0 Å². The van der Waals surface area contributed by atoms with Crippen LogP contribution < -0.4 is 20.5 Å². The Morgan fingerprint density at radius 3 is 2.63 bits per heavy atom. The molecule has 0 radical (unpaired) electrons. The van der Waals surface area contributed by atoms with Crippen molar-refractivity contribution in [2.75, 3.05) is 38.7 Å². The molecule has 1 atom stereocenters. The van der Waals surface area contributed by atoms with Crippen molar-refractivity contribution in [1.82, 2.24) is 14.9 Å². The molecule has 35 heavy (non-hydrogen) atoms. The van der Waals surface area contributed by atoms with Gasteiger partial charge in [-0.25, -0.2) is 14.2 Å². The van der Waals surface area contributed by atoms with Crippen molar-refractivity contribution in [3.05, 3.63) is 70.1 Å². The molecule has 3 aromatic rings. The summed E-state index contributed by atoms with van der Waals surface area (Å²) in [5.74, 6) is 1.05. The minimum Gasteiger partial charge on any atom is -0.497 e. The number of methoxy groups -OCH3 is 1. The van der Waals surface area contributed by atoms with E-state index < -0.39 is 5.82 Å². The average Bonchev–Trinajstić information content (AvgIpc) is 3.14. The molecular weight excluding hydrogens is 445 g/mol. The minimum absolute atomic E-state index is 0.0668. The van der Waals surface area contributed by atoms with Crippen LogP contribution in [-0.2, 0) is 7.05 Å². The van der Waals surface area contributed by atoms with Gasteiger partial charge in [0.1, 0.15) is 11.6 Å². The molecule has 1 unspecified atom stereocenters. The van der Waals surface area contributed by atoms with Gasteiger partial charge in [-0.3, -0.25) is 9.36 Å². The van der Waals surface area contributed by atoms with Gasteiger partial charge in [-0.05, 0) is 62.0 Å². The van der Waals surface area contributed by atoms with Gasteiger partial charge in [0.05, 0.1) is 24.9 Å². The quantitative estimate of drug-likeness (QED) is 0.527. The van der Waals surface area contributed by atoms with Gasteiger partial charge in [0.25, 0.3) is 5.56 Å². The fourth-order valence-corrected chi connectivity index (χ4v) is 4.65. The first-order valence-corrected chi connectivity index (χ1v) is 11.8. The summed E-state index contributed by atoms with van der Waals surface area (Å²) in [6.45, 7) is 9.95. The molecule has 1 aromatic heterocycles. The van der Waals surface area contributed by atoms with E-state index in [1.54, 1.807) is 49.1 Å². The Morgan fingerprint density at radius 1 is 1.20 bits per heavy atom. The number of rotatable bonds is 6. The van der Waals surface area contributed by atoms with Crippen LogP contribution in [0.4, 0.5) is 16.0 Å². The molecular formula is C27H30FN5O2. The molecule has 4 rings (SSSR count). The molecule has 1 aliphatic heterocycles. The van der Waals surface area contributed by atoms with Crippen molar-refractivity contribution in [2.24, 2.45) is 13.0 Å². The number of nitrogens with one attached hydrogen (secondary N) is 1. The monoisotopic (exact) mass is 475 g/mol. The maximum absolute atomic E-state index is 14.6. The van der Waals surface area contributed by atoms with E-state index in [4.69, 9.17) is 16.3 Å². The smallest absolute Gasteiger partial charge is 0.263 e. The molecule has 0 saturated carbocycles. The van der Waals surface area contributed by atoms with Crippen LogP contribution in [0.25, 0.3) is 27.2 Å². The van der Waals surface area contributed by atoms with E-state index in [2.05, 4.69) is 10.2 Å². The van der Waals surface area contributed by atoms with Gasteiger partial charge in [-0.2, -0.15) is 0 Å². The normalized spacial score (nSPS) is 15.8. The second-order valence-corrected chi connectivity index (χ2v) is 8.93. The fraction of sp³-hybridized carbons (Fsp3) is 0.370. The zero-order valence-electron chi connectivity index (χ0n) is 20.3. The lowest BCUT2D eigenvalue weighted by Crippen LogP contribution is -2.33. The predicted octanol–water partition coefficient (Wildman–Crippen LogP) is 4.64. The molecule has 0 spiro atoms. The summed E-state index contributed by atoms with van der Waals surface area (Å²) in [5.41, 5.74) is 1.58. The number of hydrogen-bond donors (Lipinski definition) is 1. The standard InChI is InChI=1S/C27H30FN5O2/c1-29-23-12-9-20(16-22(23)28)25-24(19-7-10-21(35-4)11-8-19)26(34)33(3)27(31-25)32(2)17-18-6-5-14-30-15-13-18/h7-12,16,18,30H,5-6,13-15,17H2,2-4H3. The number of nitrogens with zero attached hydrogens (tertiary/aromatic N) is 4. The van der Waals surface area contributed by atoms with Crippen molar-refractivity contribution >= 4 is 11.6 Å². The van der Waals surface area contributed by atoms with Crippen LogP contribution in [0.5, 0.6) is 5.75 Å².